The predicted octanol–water partition coefficient (Wildman–Crippen LogP) is 4.33. The van der Waals surface area contributed by atoms with E-state index in [1.807, 2.05) is 0 Å². The van der Waals surface area contributed by atoms with Gasteiger partial charge in [0.2, 0.25) is 5.43 Å². The number of methoxy groups -OCH3 is 2. The first-order valence-electron chi connectivity index (χ1n) is 8.31. The molecule has 0 bridgehead atoms. The number of alkyl halides is 3. The summed E-state index contributed by atoms with van der Waals surface area (Å²) in [7, 11) is 2.87. The van der Waals surface area contributed by atoms with Crippen LogP contribution >= 0.6 is 11.6 Å². The molecule has 3 rings (SSSR count). The molecule has 156 valence electrons. The van der Waals surface area contributed by atoms with E-state index >= 15 is 0 Å². The number of hydrogen-bond acceptors (Lipinski definition) is 4. The van der Waals surface area contributed by atoms with E-state index in [2.05, 4.69) is 10.3 Å². The van der Waals surface area contributed by atoms with Gasteiger partial charge in [0.1, 0.15) is 11.9 Å². The molecule has 1 aromatic carbocycles. The van der Waals surface area contributed by atoms with Gasteiger partial charge in [-0.25, -0.2) is 9.60 Å². The minimum Gasteiger partial charge on any atom is -0.354 e. The number of halogens is 5. The van der Waals surface area contributed by atoms with E-state index in [1.165, 1.54) is 25.0 Å². The molecule has 11 heteroatoms. The lowest BCUT2D eigenvalue weighted by Gasteiger charge is -2.23. The Morgan fingerprint density at radius 3 is 2.38 bits per heavy atom. The molecular formula is C18H16ClF4N3O3. The number of ether oxygens (including phenoxy) is 2. The fourth-order valence-electron chi connectivity index (χ4n) is 3.13. The molecule has 29 heavy (non-hydrogen) atoms. The molecule has 0 saturated carbocycles. The summed E-state index contributed by atoms with van der Waals surface area (Å²) in [4.78, 5) is 12.5. The quantitative estimate of drug-likeness (QED) is 0.480. The van der Waals surface area contributed by atoms with E-state index in [1.54, 1.807) is 6.92 Å². The molecule has 1 aliphatic carbocycles. The highest BCUT2D eigenvalue weighted by molar-refractivity contribution is 6.33. The lowest BCUT2D eigenvalue weighted by molar-refractivity contribution is -0.137. The first-order valence-corrected chi connectivity index (χ1v) is 8.69. The minimum atomic E-state index is -4.75. The van der Waals surface area contributed by atoms with Crippen molar-refractivity contribution in [1.82, 2.24) is 15.0 Å². The van der Waals surface area contributed by atoms with Gasteiger partial charge >= 0.3 is 6.18 Å². The van der Waals surface area contributed by atoms with Crippen molar-refractivity contribution >= 4 is 11.6 Å². The summed E-state index contributed by atoms with van der Waals surface area (Å²) in [5, 5.41) is 6.16. The van der Waals surface area contributed by atoms with Crippen molar-refractivity contribution in [3.05, 3.63) is 50.9 Å². The summed E-state index contributed by atoms with van der Waals surface area (Å²) in [6.45, 7) is 1.73. The van der Waals surface area contributed by atoms with Crippen LogP contribution in [0.3, 0.4) is 0 Å². The molecule has 1 heterocycles. The van der Waals surface area contributed by atoms with E-state index in [0.717, 1.165) is 6.07 Å². The van der Waals surface area contributed by atoms with E-state index in [-0.39, 0.29) is 22.5 Å². The fourth-order valence-corrected chi connectivity index (χ4v) is 3.44. The summed E-state index contributed by atoms with van der Waals surface area (Å²) in [5.74, 6) is -1.20. The molecule has 1 atom stereocenters. The third kappa shape index (κ3) is 3.87. The molecule has 1 unspecified atom stereocenters. The topological polar surface area (TPSA) is 69.1 Å². The SMILES string of the molecule is COC(OC)C(C)n1[nH]nc2c(=O)cc(-c3c(F)cc(C(F)(F)F)cc3Cl)cc1-2. The van der Waals surface area contributed by atoms with Crippen molar-refractivity contribution in [1.29, 1.82) is 0 Å². The van der Waals surface area contributed by atoms with Crippen molar-refractivity contribution in [2.24, 2.45) is 0 Å². The van der Waals surface area contributed by atoms with Crippen molar-refractivity contribution in [2.45, 2.75) is 25.4 Å². The van der Waals surface area contributed by atoms with Gasteiger partial charge in [-0.2, -0.15) is 18.3 Å². The number of aromatic nitrogens is 3. The normalized spacial score (nSPS) is 13.4. The molecule has 0 aromatic heterocycles. The fraction of sp³-hybridized carbons (Fsp3) is 0.333. The molecule has 0 radical (unpaired) electrons. The number of hydrogen-bond donors (Lipinski definition) is 1. The Kier molecular flexibility index (Phi) is 5.70. The zero-order valence-corrected chi connectivity index (χ0v) is 16.2. The van der Waals surface area contributed by atoms with Crippen LogP contribution in [0.25, 0.3) is 22.5 Å². The van der Waals surface area contributed by atoms with Gasteiger partial charge in [-0.3, -0.25) is 9.48 Å². The van der Waals surface area contributed by atoms with Crippen molar-refractivity contribution in [3.63, 3.8) is 0 Å². The Balaban J connectivity index is 2.18. The van der Waals surface area contributed by atoms with Crippen molar-refractivity contribution < 1.29 is 27.0 Å². The molecule has 6 nitrogen and oxygen atoms in total. The zero-order chi connectivity index (χ0) is 21.5. The predicted molar refractivity (Wildman–Crippen MR) is 97.4 cm³/mol. The minimum absolute atomic E-state index is 0.0208. The second kappa shape index (κ2) is 7.77. The van der Waals surface area contributed by atoms with Crippen LogP contribution in [0.15, 0.2) is 29.1 Å². The average Bonchev–Trinajstić information content (AvgIpc) is 3.06. The Bertz CT molecular complexity index is 1040. The standard InChI is InChI=1S/C18H16ClF4N3O3/c1-8(17(28-2)29-3)26-13-4-9(5-14(27)16(13)24-25-26)15-11(19)6-10(7-12(15)20)18(21,22)23/h4-8,17,25H,1-3H3. The number of aromatic amines is 1. The van der Waals surface area contributed by atoms with Crippen LogP contribution in [0, 0.1) is 5.82 Å². The Morgan fingerprint density at radius 2 is 1.83 bits per heavy atom. The average molecular weight is 434 g/mol. The Morgan fingerprint density at radius 1 is 1.17 bits per heavy atom. The third-order valence-corrected chi connectivity index (χ3v) is 4.81. The molecule has 0 saturated heterocycles. The second-order valence-corrected chi connectivity index (χ2v) is 6.72. The van der Waals surface area contributed by atoms with Gasteiger partial charge in [-0.05, 0) is 36.8 Å². The number of benzene rings is 2. The lowest BCUT2D eigenvalue weighted by atomic mass is 10.00. The number of nitrogens with one attached hydrogen (secondary N) is 1. The van der Waals surface area contributed by atoms with Crippen LogP contribution in [0.5, 0.6) is 0 Å². The number of H-pyrrole nitrogens is 1. The summed E-state index contributed by atoms with van der Waals surface area (Å²) in [5.41, 5.74) is -1.71. The molecule has 0 fully saturated rings. The van der Waals surface area contributed by atoms with E-state index in [9.17, 15) is 22.4 Å². The third-order valence-electron chi connectivity index (χ3n) is 4.51. The largest absolute Gasteiger partial charge is 0.416 e. The molecule has 2 aliphatic rings. The zero-order valence-electron chi connectivity index (χ0n) is 15.5. The van der Waals surface area contributed by atoms with Crippen LogP contribution in [0.4, 0.5) is 17.6 Å². The van der Waals surface area contributed by atoms with Crippen LogP contribution in [0.1, 0.15) is 18.5 Å². The Labute approximate surface area is 167 Å². The maximum absolute atomic E-state index is 14.5. The van der Waals surface area contributed by atoms with Gasteiger partial charge in [0.05, 0.1) is 16.3 Å². The molecule has 0 amide bonds. The smallest absolute Gasteiger partial charge is 0.354 e. The Hall–Kier alpha value is -2.43. The van der Waals surface area contributed by atoms with Gasteiger partial charge in [-0.15, -0.1) is 0 Å². The first kappa shape index (κ1) is 21.3. The van der Waals surface area contributed by atoms with Gasteiger partial charge in [-0.1, -0.05) is 11.6 Å². The lowest BCUT2D eigenvalue weighted by Crippen LogP contribution is -2.27. The van der Waals surface area contributed by atoms with Crippen LogP contribution < -0.4 is 5.43 Å². The highest BCUT2D eigenvalue weighted by Crippen LogP contribution is 2.38. The van der Waals surface area contributed by atoms with Crippen LogP contribution in [0.2, 0.25) is 5.02 Å². The van der Waals surface area contributed by atoms with Gasteiger partial charge in [0.25, 0.3) is 0 Å². The second-order valence-electron chi connectivity index (χ2n) is 6.32. The number of fused-ring (bicyclic) bond motifs is 1. The van der Waals surface area contributed by atoms with Gasteiger partial charge in [0, 0.05) is 19.8 Å². The summed E-state index contributed by atoms with van der Waals surface area (Å²) in [6.07, 6.45) is -5.44. The van der Waals surface area contributed by atoms with E-state index in [4.69, 9.17) is 21.1 Å². The first-order chi connectivity index (χ1) is 13.6. The van der Waals surface area contributed by atoms with Crippen molar-refractivity contribution in [2.75, 3.05) is 14.2 Å². The maximum atomic E-state index is 14.5. The molecule has 1 aromatic rings. The number of nitrogens with zero attached hydrogens (tertiary/aromatic N) is 2. The van der Waals surface area contributed by atoms with Gasteiger partial charge < -0.3 is 9.47 Å². The monoisotopic (exact) mass is 433 g/mol. The maximum Gasteiger partial charge on any atom is 0.416 e. The van der Waals surface area contributed by atoms with E-state index in [0.29, 0.717) is 12.1 Å². The van der Waals surface area contributed by atoms with E-state index < -0.39 is 40.3 Å². The number of rotatable bonds is 5. The molecule has 0 spiro atoms. The highest BCUT2D eigenvalue weighted by atomic mass is 35.5. The van der Waals surface area contributed by atoms with Crippen LogP contribution in [-0.2, 0) is 15.7 Å². The van der Waals surface area contributed by atoms with Gasteiger partial charge in [0.15, 0.2) is 12.0 Å². The molecular weight excluding hydrogens is 418 g/mol. The van der Waals surface area contributed by atoms with Crippen molar-refractivity contribution in [3.8, 4) is 22.5 Å². The highest BCUT2D eigenvalue weighted by Gasteiger charge is 2.33. The summed E-state index contributed by atoms with van der Waals surface area (Å²) in [6, 6.07) is 2.98. The molecule has 1 N–H and O–H groups in total. The summed E-state index contributed by atoms with van der Waals surface area (Å²) >= 11 is 5.94. The van der Waals surface area contributed by atoms with Crippen LogP contribution in [-0.4, -0.2) is 35.5 Å². The molecule has 1 aliphatic heterocycles. The summed E-state index contributed by atoms with van der Waals surface area (Å²) < 4.78 is 65.1.